The molecule has 0 radical (unpaired) electrons. The second kappa shape index (κ2) is 9.64. The highest BCUT2D eigenvalue weighted by molar-refractivity contribution is 5.92. The van der Waals surface area contributed by atoms with E-state index < -0.39 is 23.3 Å². The quantitative estimate of drug-likeness (QED) is 0.338. The minimum Gasteiger partial charge on any atom is -0.493 e. The fourth-order valence-electron chi connectivity index (χ4n) is 3.08. The zero-order chi connectivity index (χ0) is 24.2. The summed E-state index contributed by atoms with van der Waals surface area (Å²) < 4.78 is 21.1. The van der Waals surface area contributed by atoms with E-state index in [0.29, 0.717) is 22.7 Å². The van der Waals surface area contributed by atoms with Crippen LogP contribution < -0.4 is 25.3 Å². The molecule has 0 spiro atoms. The number of alkyl carbamates (subject to hydrolysis) is 1. The molecule has 2 aromatic carbocycles. The summed E-state index contributed by atoms with van der Waals surface area (Å²) in [5, 5.41) is 3.10. The van der Waals surface area contributed by atoms with Crippen molar-refractivity contribution in [2.45, 2.75) is 26.4 Å². The van der Waals surface area contributed by atoms with Gasteiger partial charge in [0.25, 0.3) is 0 Å². The summed E-state index contributed by atoms with van der Waals surface area (Å²) in [4.78, 5) is 37.9. The van der Waals surface area contributed by atoms with Crippen LogP contribution >= 0.6 is 0 Å². The number of fused-ring (bicyclic) bond motifs is 1. The number of nitrogens with one attached hydrogen (secondary N) is 1. The van der Waals surface area contributed by atoms with Crippen molar-refractivity contribution in [3.63, 3.8) is 0 Å². The highest BCUT2D eigenvalue weighted by Gasteiger charge is 2.19. The minimum absolute atomic E-state index is 0.158. The number of rotatable bonds is 6. The molecule has 3 aromatic rings. The highest BCUT2D eigenvalue weighted by atomic mass is 16.6. The maximum Gasteiger partial charge on any atom is 0.408 e. The number of amides is 1. The third kappa shape index (κ3) is 6.03. The van der Waals surface area contributed by atoms with Crippen LogP contribution in [0, 0.1) is 0 Å². The van der Waals surface area contributed by atoms with Crippen LogP contribution in [0.5, 0.6) is 11.5 Å². The van der Waals surface area contributed by atoms with E-state index >= 15 is 0 Å². The number of methoxy groups -OCH3 is 1. The predicted octanol–water partition coefficient (Wildman–Crippen LogP) is 4.00. The van der Waals surface area contributed by atoms with Crippen LogP contribution in [0.1, 0.15) is 20.8 Å². The van der Waals surface area contributed by atoms with Crippen molar-refractivity contribution in [1.82, 2.24) is 5.32 Å². The molecule has 0 aliphatic carbocycles. The van der Waals surface area contributed by atoms with Gasteiger partial charge in [0.15, 0.2) is 11.5 Å². The zero-order valence-corrected chi connectivity index (χ0v) is 19.1. The molecule has 0 aliphatic heterocycles. The van der Waals surface area contributed by atoms with Crippen molar-refractivity contribution in [3.8, 4) is 11.5 Å². The molecule has 0 unspecified atom stereocenters. The van der Waals surface area contributed by atoms with Crippen molar-refractivity contribution in [3.05, 3.63) is 59.0 Å². The molecule has 1 aromatic heterocycles. The normalized spacial score (nSPS) is 11.1. The number of hydrogen-bond donors (Lipinski definition) is 1. The fourth-order valence-corrected chi connectivity index (χ4v) is 3.08. The molecule has 0 saturated carbocycles. The average molecular weight is 454 g/mol. The SMILES string of the molecule is COc1ccc(N(C)c2cc(=O)oc3ccccc23)cc1OC(=O)CNC(=O)OC(C)(C)C. The van der Waals surface area contributed by atoms with E-state index in [1.54, 1.807) is 63.1 Å². The Kier molecular flexibility index (Phi) is 6.91. The molecule has 0 saturated heterocycles. The first kappa shape index (κ1) is 23.6. The van der Waals surface area contributed by atoms with Gasteiger partial charge in [-0.2, -0.15) is 0 Å². The number of hydrogen-bond acceptors (Lipinski definition) is 8. The lowest BCUT2D eigenvalue weighted by Gasteiger charge is -2.22. The van der Waals surface area contributed by atoms with Crippen LogP contribution in [0.4, 0.5) is 16.2 Å². The van der Waals surface area contributed by atoms with E-state index in [-0.39, 0.29) is 12.3 Å². The lowest BCUT2D eigenvalue weighted by atomic mass is 10.1. The molecule has 1 heterocycles. The van der Waals surface area contributed by atoms with Crippen LogP contribution in [-0.4, -0.2) is 38.4 Å². The zero-order valence-electron chi connectivity index (χ0n) is 19.1. The second-order valence-electron chi connectivity index (χ2n) is 8.17. The molecular formula is C24H26N2O7. The van der Waals surface area contributed by atoms with E-state index in [1.165, 1.54) is 13.2 Å². The van der Waals surface area contributed by atoms with Gasteiger partial charge in [-0.1, -0.05) is 12.1 Å². The summed E-state index contributed by atoms with van der Waals surface area (Å²) in [5.41, 5.74) is 0.545. The van der Waals surface area contributed by atoms with Crippen LogP contribution in [-0.2, 0) is 9.53 Å². The number of nitrogens with zero attached hydrogens (tertiary/aromatic N) is 1. The number of carbonyl (C=O) groups excluding carboxylic acids is 2. The first-order valence-electron chi connectivity index (χ1n) is 10.2. The molecule has 0 fully saturated rings. The van der Waals surface area contributed by atoms with Crippen LogP contribution in [0.3, 0.4) is 0 Å². The third-order valence-corrected chi connectivity index (χ3v) is 4.52. The third-order valence-electron chi connectivity index (χ3n) is 4.52. The number of para-hydroxylation sites is 1. The maximum atomic E-state index is 12.3. The highest BCUT2D eigenvalue weighted by Crippen LogP contribution is 2.36. The van der Waals surface area contributed by atoms with Gasteiger partial charge < -0.3 is 28.8 Å². The minimum atomic E-state index is -0.727. The molecule has 0 aliphatic rings. The van der Waals surface area contributed by atoms with Gasteiger partial charge >= 0.3 is 17.7 Å². The van der Waals surface area contributed by atoms with Crippen molar-refractivity contribution in [2.24, 2.45) is 0 Å². The molecule has 0 atom stereocenters. The average Bonchev–Trinajstić information content (AvgIpc) is 2.75. The van der Waals surface area contributed by atoms with Gasteiger partial charge in [0, 0.05) is 30.3 Å². The monoisotopic (exact) mass is 454 g/mol. The Morgan fingerprint density at radius 2 is 1.79 bits per heavy atom. The number of carbonyl (C=O) groups is 2. The number of benzene rings is 2. The largest absolute Gasteiger partial charge is 0.493 e. The fraction of sp³-hybridized carbons (Fsp3) is 0.292. The Morgan fingerprint density at radius 3 is 2.48 bits per heavy atom. The van der Waals surface area contributed by atoms with Crippen molar-refractivity contribution >= 4 is 34.4 Å². The number of esters is 1. The van der Waals surface area contributed by atoms with E-state index in [2.05, 4.69) is 5.32 Å². The summed E-state index contributed by atoms with van der Waals surface area (Å²) in [6, 6.07) is 13.6. The van der Waals surface area contributed by atoms with Gasteiger partial charge in [0.05, 0.1) is 12.8 Å². The van der Waals surface area contributed by atoms with Gasteiger partial charge in [-0.25, -0.2) is 14.4 Å². The Balaban J connectivity index is 1.82. The van der Waals surface area contributed by atoms with Crippen molar-refractivity contribution < 1.29 is 28.2 Å². The molecule has 9 heteroatoms. The molecule has 1 N–H and O–H groups in total. The predicted molar refractivity (Wildman–Crippen MR) is 123 cm³/mol. The summed E-state index contributed by atoms with van der Waals surface area (Å²) in [5.74, 6) is -0.218. The topological polar surface area (TPSA) is 107 Å². The lowest BCUT2D eigenvalue weighted by molar-refractivity contribution is -0.133. The standard InChI is InChI=1S/C24H26N2O7/c1-24(2,3)33-23(29)25-14-22(28)32-20-12-15(10-11-19(20)30-5)26(4)17-13-21(27)31-18-9-7-6-8-16(17)18/h6-13H,14H2,1-5H3,(H,25,29). The molecule has 1 amide bonds. The van der Waals surface area contributed by atoms with E-state index in [1.807, 2.05) is 12.1 Å². The van der Waals surface area contributed by atoms with Crippen LogP contribution in [0.2, 0.25) is 0 Å². The van der Waals surface area contributed by atoms with Crippen LogP contribution in [0.15, 0.2) is 57.7 Å². The van der Waals surface area contributed by atoms with E-state index in [0.717, 1.165) is 5.39 Å². The Bertz CT molecular complexity index is 1230. The van der Waals surface area contributed by atoms with Gasteiger partial charge in [0.2, 0.25) is 0 Å². The van der Waals surface area contributed by atoms with Gasteiger partial charge in [-0.15, -0.1) is 0 Å². The first-order valence-corrected chi connectivity index (χ1v) is 10.2. The second-order valence-corrected chi connectivity index (χ2v) is 8.17. The summed E-state index contributed by atoms with van der Waals surface area (Å²) in [7, 11) is 3.23. The Morgan fingerprint density at radius 1 is 1.06 bits per heavy atom. The van der Waals surface area contributed by atoms with Crippen LogP contribution in [0.25, 0.3) is 11.0 Å². The molecule has 174 valence electrons. The number of ether oxygens (including phenoxy) is 3. The summed E-state index contributed by atoms with van der Waals surface area (Å²) in [6.45, 7) is 4.77. The van der Waals surface area contributed by atoms with Gasteiger partial charge in [-0.3, -0.25) is 0 Å². The molecule has 3 rings (SSSR count). The molecule has 0 bridgehead atoms. The Hall–Kier alpha value is -4.01. The smallest absolute Gasteiger partial charge is 0.408 e. The van der Waals surface area contributed by atoms with Crippen molar-refractivity contribution in [2.75, 3.05) is 25.6 Å². The van der Waals surface area contributed by atoms with Crippen molar-refractivity contribution in [1.29, 1.82) is 0 Å². The first-order chi connectivity index (χ1) is 15.6. The van der Waals surface area contributed by atoms with Gasteiger partial charge in [0.1, 0.15) is 17.7 Å². The van der Waals surface area contributed by atoms with E-state index in [9.17, 15) is 14.4 Å². The molecule has 9 nitrogen and oxygen atoms in total. The molecular weight excluding hydrogens is 428 g/mol. The lowest BCUT2D eigenvalue weighted by Crippen LogP contribution is -2.36. The molecule has 33 heavy (non-hydrogen) atoms. The summed E-state index contributed by atoms with van der Waals surface area (Å²) >= 11 is 0. The number of anilines is 2. The maximum absolute atomic E-state index is 12.3. The van der Waals surface area contributed by atoms with E-state index in [4.69, 9.17) is 18.6 Å². The summed E-state index contributed by atoms with van der Waals surface area (Å²) in [6.07, 6.45) is -0.727. The van der Waals surface area contributed by atoms with Gasteiger partial charge in [-0.05, 0) is 45.0 Å². The Labute approximate surface area is 190 Å².